The van der Waals surface area contributed by atoms with Crippen LogP contribution in [0.1, 0.15) is 31.7 Å². The van der Waals surface area contributed by atoms with Crippen LogP contribution in [0.3, 0.4) is 0 Å². The number of hydrogen-bond acceptors (Lipinski definition) is 3. The van der Waals surface area contributed by atoms with Crippen LogP contribution in [0, 0.1) is 5.82 Å². The fraction of sp³-hybridized carbons (Fsp3) is 0.625. The van der Waals surface area contributed by atoms with Crippen LogP contribution in [-0.4, -0.2) is 37.7 Å². The third-order valence-electron chi connectivity index (χ3n) is 4.33. The Bertz CT molecular complexity index is 438. The van der Waals surface area contributed by atoms with E-state index in [4.69, 9.17) is 4.74 Å². The van der Waals surface area contributed by atoms with Crippen molar-refractivity contribution >= 4 is 0 Å². The van der Waals surface area contributed by atoms with Gasteiger partial charge in [0.05, 0.1) is 7.11 Å². The minimum atomic E-state index is -0.175. The minimum absolute atomic E-state index is 0.175. The van der Waals surface area contributed by atoms with Gasteiger partial charge in [-0.25, -0.2) is 4.39 Å². The van der Waals surface area contributed by atoms with Crippen LogP contribution >= 0.6 is 0 Å². The summed E-state index contributed by atoms with van der Waals surface area (Å²) in [5.74, 6) is 0.399. The normalized spacial score (nSPS) is 21.7. The Kier molecular flexibility index (Phi) is 5.38. The molecule has 2 unspecified atom stereocenters. The zero-order chi connectivity index (χ0) is 14.5. The molecule has 0 amide bonds. The number of methoxy groups -OCH3 is 1. The molecule has 1 aliphatic rings. The van der Waals surface area contributed by atoms with Crippen LogP contribution in [0.25, 0.3) is 0 Å². The van der Waals surface area contributed by atoms with E-state index in [9.17, 15) is 4.39 Å². The van der Waals surface area contributed by atoms with E-state index >= 15 is 0 Å². The highest BCUT2D eigenvalue weighted by atomic mass is 19.1. The molecule has 4 heteroatoms. The molecule has 3 nitrogen and oxygen atoms in total. The fourth-order valence-electron chi connectivity index (χ4n) is 2.97. The van der Waals surface area contributed by atoms with Gasteiger partial charge in [-0.05, 0) is 39.4 Å². The molecule has 1 fully saturated rings. The SMILES string of the molecule is CNC(C)C1CCCCN1Cc1ccc(OC)cc1F. The molecule has 1 aromatic rings. The number of ether oxygens (including phenoxy) is 1. The molecule has 0 aliphatic carbocycles. The highest BCUT2D eigenvalue weighted by molar-refractivity contribution is 5.29. The van der Waals surface area contributed by atoms with Crippen LogP contribution in [0.4, 0.5) is 4.39 Å². The van der Waals surface area contributed by atoms with Crippen molar-refractivity contribution in [1.82, 2.24) is 10.2 Å². The lowest BCUT2D eigenvalue weighted by molar-refractivity contribution is 0.113. The molecule has 0 radical (unpaired) electrons. The highest BCUT2D eigenvalue weighted by Crippen LogP contribution is 2.24. The molecule has 0 aromatic heterocycles. The van der Waals surface area contributed by atoms with Crippen LogP contribution < -0.4 is 10.1 Å². The van der Waals surface area contributed by atoms with Crippen molar-refractivity contribution in [2.75, 3.05) is 20.7 Å². The summed E-state index contributed by atoms with van der Waals surface area (Å²) in [5.41, 5.74) is 0.751. The van der Waals surface area contributed by atoms with E-state index in [0.29, 0.717) is 24.4 Å². The molecule has 1 aromatic carbocycles. The molecule has 0 saturated carbocycles. The molecule has 0 bridgehead atoms. The molecule has 1 N–H and O–H groups in total. The lowest BCUT2D eigenvalue weighted by Gasteiger charge is -2.39. The average molecular weight is 280 g/mol. The zero-order valence-electron chi connectivity index (χ0n) is 12.7. The number of likely N-dealkylation sites (N-methyl/N-ethyl adjacent to an activating group) is 1. The number of likely N-dealkylation sites (tertiary alicyclic amines) is 1. The second-order valence-electron chi connectivity index (χ2n) is 5.57. The predicted molar refractivity (Wildman–Crippen MR) is 79.5 cm³/mol. The predicted octanol–water partition coefficient (Wildman–Crippen LogP) is 2.80. The van der Waals surface area contributed by atoms with E-state index in [0.717, 1.165) is 12.1 Å². The summed E-state index contributed by atoms with van der Waals surface area (Å²) in [7, 11) is 3.55. The molecule has 2 atom stereocenters. The highest BCUT2D eigenvalue weighted by Gasteiger charge is 2.27. The van der Waals surface area contributed by atoms with E-state index in [-0.39, 0.29) is 5.82 Å². The number of halogens is 1. The van der Waals surface area contributed by atoms with Crippen molar-refractivity contribution in [1.29, 1.82) is 0 Å². The van der Waals surface area contributed by atoms with E-state index < -0.39 is 0 Å². The maximum absolute atomic E-state index is 14.1. The van der Waals surface area contributed by atoms with Gasteiger partial charge in [0, 0.05) is 30.3 Å². The van der Waals surface area contributed by atoms with Crippen LogP contribution in [-0.2, 0) is 6.54 Å². The van der Waals surface area contributed by atoms with Crippen LogP contribution in [0.5, 0.6) is 5.75 Å². The number of benzene rings is 1. The molecule has 1 saturated heterocycles. The number of hydrogen-bond donors (Lipinski definition) is 1. The van der Waals surface area contributed by atoms with Crippen molar-refractivity contribution in [3.05, 3.63) is 29.6 Å². The second kappa shape index (κ2) is 7.04. The molecule has 1 heterocycles. The molecule has 20 heavy (non-hydrogen) atoms. The monoisotopic (exact) mass is 280 g/mol. The number of nitrogens with zero attached hydrogens (tertiary/aromatic N) is 1. The summed E-state index contributed by atoms with van der Waals surface area (Å²) >= 11 is 0. The number of piperidine rings is 1. The lowest BCUT2D eigenvalue weighted by Crippen LogP contribution is -2.49. The van der Waals surface area contributed by atoms with Crippen molar-refractivity contribution in [3.8, 4) is 5.75 Å². The minimum Gasteiger partial charge on any atom is -0.497 e. The summed E-state index contributed by atoms with van der Waals surface area (Å²) in [6.45, 7) is 3.92. The standard InChI is InChI=1S/C16H25FN2O/c1-12(18-2)16-6-4-5-9-19(16)11-13-7-8-14(20-3)10-15(13)17/h7-8,10,12,16,18H,4-6,9,11H2,1-3H3. The lowest BCUT2D eigenvalue weighted by atomic mass is 9.96. The summed E-state index contributed by atoms with van der Waals surface area (Å²) < 4.78 is 19.1. The first-order chi connectivity index (χ1) is 9.65. The van der Waals surface area contributed by atoms with Crippen LogP contribution in [0.2, 0.25) is 0 Å². The van der Waals surface area contributed by atoms with Gasteiger partial charge in [-0.2, -0.15) is 0 Å². The van der Waals surface area contributed by atoms with Crippen molar-refractivity contribution in [3.63, 3.8) is 0 Å². The number of rotatable bonds is 5. The first-order valence-electron chi connectivity index (χ1n) is 7.39. The van der Waals surface area contributed by atoms with Crippen molar-refractivity contribution in [2.24, 2.45) is 0 Å². The van der Waals surface area contributed by atoms with Gasteiger partial charge in [0.1, 0.15) is 11.6 Å². The van der Waals surface area contributed by atoms with Gasteiger partial charge in [0.25, 0.3) is 0 Å². The Labute approximate surface area is 121 Å². The second-order valence-corrected chi connectivity index (χ2v) is 5.57. The largest absolute Gasteiger partial charge is 0.497 e. The van der Waals surface area contributed by atoms with Gasteiger partial charge in [-0.3, -0.25) is 4.90 Å². The topological polar surface area (TPSA) is 24.5 Å². The van der Waals surface area contributed by atoms with Gasteiger partial charge in [-0.15, -0.1) is 0 Å². The van der Waals surface area contributed by atoms with Crippen molar-refractivity contribution in [2.45, 2.75) is 44.8 Å². The fourth-order valence-corrected chi connectivity index (χ4v) is 2.97. The Morgan fingerprint density at radius 3 is 2.90 bits per heavy atom. The first-order valence-corrected chi connectivity index (χ1v) is 7.39. The summed E-state index contributed by atoms with van der Waals surface area (Å²) in [6.07, 6.45) is 3.64. The van der Waals surface area contributed by atoms with Gasteiger partial charge in [0.2, 0.25) is 0 Å². The molecule has 112 valence electrons. The summed E-state index contributed by atoms with van der Waals surface area (Å²) in [4.78, 5) is 2.40. The van der Waals surface area contributed by atoms with Gasteiger partial charge in [0.15, 0.2) is 0 Å². The Morgan fingerprint density at radius 2 is 2.25 bits per heavy atom. The maximum atomic E-state index is 14.1. The quantitative estimate of drug-likeness (QED) is 0.897. The third kappa shape index (κ3) is 3.49. The van der Waals surface area contributed by atoms with E-state index in [1.807, 2.05) is 19.2 Å². The van der Waals surface area contributed by atoms with E-state index in [1.54, 1.807) is 7.11 Å². The smallest absolute Gasteiger partial charge is 0.131 e. The average Bonchev–Trinajstić information content (AvgIpc) is 2.49. The Balaban J connectivity index is 2.10. The van der Waals surface area contributed by atoms with Gasteiger partial charge in [-0.1, -0.05) is 12.5 Å². The first kappa shape index (κ1) is 15.3. The Hall–Kier alpha value is -1.13. The molecule has 1 aliphatic heterocycles. The Morgan fingerprint density at radius 1 is 1.45 bits per heavy atom. The maximum Gasteiger partial charge on any atom is 0.131 e. The molecule has 0 spiro atoms. The van der Waals surface area contributed by atoms with Crippen LogP contribution in [0.15, 0.2) is 18.2 Å². The molecular formula is C16H25FN2O. The zero-order valence-corrected chi connectivity index (χ0v) is 12.7. The summed E-state index contributed by atoms with van der Waals surface area (Å²) in [6, 6.07) is 6.05. The van der Waals surface area contributed by atoms with E-state index in [1.165, 1.54) is 25.3 Å². The van der Waals surface area contributed by atoms with Gasteiger partial charge >= 0.3 is 0 Å². The van der Waals surface area contributed by atoms with Crippen molar-refractivity contribution < 1.29 is 9.13 Å². The molecular weight excluding hydrogens is 255 g/mol. The number of nitrogens with one attached hydrogen (secondary N) is 1. The van der Waals surface area contributed by atoms with E-state index in [2.05, 4.69) is 17.1 Å². The van der Waals surface area contributed by atoms with Gasteiger partial charge < -0.3 is 10.1 Å². The third-order valence-corrected chi connectivity index (χ3v) is 4.33. The summed E-state index contributed by atoms with van der Waals surface area (Å²) in [5, 5.41) is 3.33. The molecule has 2 rings (SSSR count).